The van der Waals surface area contributed by atoms with Crippen molar-refractivity contribution in [1.29, 1.82) is 0 Å². The van der Waals surface area contributed by atoms with Crippen molar-refractivity contribution in [2.75, 3.05) is 11.9 Å². The molecule has 3 aromatic rings. The summed E-state index contributed by atoms with van der Waals surface area (Å²) in [5, 5.41) is 19.8. The van der Waals surface area contributed by atoms with Gasteiger partial charge in [-0.15, -0.1) is 0 Å². The number of pyridine rings is 1. The number of amidine groups is 1. The highest BCUT2D eigenvalue weighted by Gasteiger charge is 2.36. The largest absolute Gasteiger partial charge is 0.341 e. The first kappa shape index (κ1) is 23.6. The highest BCUT2D eigenvalue weighted by Crippen LogP contribution is 2.23. The molecule has 0 saturated carbocycles. The molecule has 2 aromatic carbocycles. The summed E-state index contributed by atoms with van der Waals surface area (Å²) in [5.41, 5.74) is 8.12. The van der Waals surface area contributed by atoms with Gasteiger partial charge in [0.2, 0.25) is 5.84 Å². The molecular weight excluding hydrogens is 420 g/mol. The molecular formula is C24H26N6O3. The van der Waals surface area contributed by atoms with E-state index in [4.69, 9.17) is 5.73 Å². The minimum atomic E-state index is -0.866. The van der Waals surface area contributed by atoms with Crippen molar-refractivity contribution in [3.05, 3.63) is 94.8 Å². The van der Waals surface area contributed by atoms with Gasteiger partial charge < -0.3 is 16.4 Å². The van der Waals surface area contributed by atoms with Crippen LogP contribution < -0.4 is 16.4 Å². The number of carbonyl (C=O) groups excluding carboxylic acids is 1. The second-order valence-electron chi connectivity index (χ2n) is 8.13. The van der Waals surface area contributed by atoms with Gasteiger partial charge in [0.15, 0.2) is 5.03 Å². The zero-order valence-corrected chi connectivity index (χ0v) is 18.4. The third-order valence-electron chi connectivity index (χ3n) is 5.23. The van der Waals surface area contributed by atoms with E-state index in [2.05, 4.69) is 20.7 Å². The number of carbonyl (C=O) groups is 1. The Morgan fingerprint density at radius 3 is 2.33 bits per heavy atom. The SMILES string of the molecule is CC(C)(CN)C(NC(=O)c1ccc(-c2ccccc2)cc1)C(=N[N+](=O)[O-])Nc1cccnc1. The number of amides is 1. The van der Waals surface area contributed by atoms with Crippen molar-refractivity contribution in [3.63, 3.8) is 0 Å². The van der Waals surface area contributed by atoms with E-state index in [1.807, 2.05) is 42.5 Å². The van der Waals surface area contributed by atoms with Crippen LogP contribution in [0.5, 0.6) is 0 Å². The normalized spacial score (nSPS) is 12.6. The number of nitro groups is 1. The Balaban J connectivity index is 1.88. The number of nitrogens with zero attached hydrogens (tertiary/aromatic N) is 3. The van der Waals surface area contributed by atoms with Gasteiger partial charge in [-0.25, -0.2) is 10.1 Å². The minimum Gasteiger partial charge on any atom is -0.341 e. The van der Waals surface area contributed by atoms with Crippen molar-refractivity contribution in [2.45, 2.75) is 19.9 Å². The lowest BCUT2D eigenvalue weighted by molar-refractivity contribution is -0.485. The minimum absolute atomic E-state index is 0.0438. The first-order valence-corrected chi connectivity index (χ1v) is 10.4. The first-order chi connectivity index (χ1) is 15.8. The predicted molar refractivity (Wildman–Crippen MR) is 128 cm³/mol. The maximum atomic E-state index is 13.1. The molecule has 3 rings (SSSR count). The van der Waals surface area contributed by atoms with Crippen LogP contribution in [0.4, 0.5) is 5.69 Å². The van der Waals surface area contributed by atoms with Gasteiger partial charge in [0.1, 0.15) is 0 Å². The van der Waals surface area contributed by atoms with Gasteiger partial charge in [-0.05, 0) is 41.9 Å². The summed E-state index contributed by atoms with van der Waals surface area (Å²) >= 11 is 0. The molecule has 9 heteroatoms. The molecule has 33 heavy (non-hydrogen) atoms. The molecule has 0 radical (unpaired) electrons. The number of aromatic nitrogens is 1. The third kappa shape index (κ3) is 6.20. The molecule has 1 heterocycles. The summed E-state index contributed by atoms with van der Waals surface area (Å²) in [7, 11) is 0. The summed E-state index contributed by atoms with van der Waals surface area (Å²) in [5.74, 6) is -0.442. The highest BCUT2D eigenvalue weighted by molar-refractivity contribution is 6.04. The average molecular weight is 447 g/mol. The topological polar surface area (TPSA) is 136 Å². The Bertz CT molecular complexity index is 1120. The number of anilines is 1. The number of hydrogen-bond acceptors (Lipinski definition) is 5. The van der Waals surface area contributed by atoms with Crippen LogP contribution in [0, 0.1) is 15.5 Å². The van der Waals surface area contributed by atoms with Gasteiger partial charge in [-0.3, -0.25) is 9.78 Å². The zero-order chi connectivity index (χ0) is 23.8. The van der Waals surface area contributed by atoms with Crippen molar-refractivity contribution >= 4 is 17.4 Å². The summed E-state index contributed by atoms with van der Waals surface area (Å²) in [4.78, 5) is 28.4. The number of hydrogen-bond donors (Lipinski definition) is 3. The van der Waals surface area contributed by atoms with Gasteiger partial charge in [0.05, 0.1) is 23.0 Å². The van der Waals surface area contributed by atoms with E-state index in [-0.39, 0.29) is 12.4 Å². The number of nitrogens with one attached hydrogen (secondary N) is 2. The lowest BCUT2D eigenvalue weighted by atomic mass is 9.83. The van der Waals surface area contributed by atoms with Gasteiger partial charge in [0.25, 0.3) is 5.91 Å². The van der Waals surface area contributed by atoms with Gasteiger partial charge in [-0.2, -0.15) is 0 Å². The van der Waals surface area contributed by atoms with E-state index in [0.717, 1.165) is 11.1 Å². The number of nitrogens with two attached hydrogens (primary N) is 1. The van der Waals surface area contributed by atoms with Crippen LogP contribution in [0.1, 0.15) is 24.2 Å². The molecule has 0 aliphatic rings. The Labute approximate surface area is 191 Å². The molecule has 1 amide bonds. The Hall–Kier alpha value is -4.11. The highest BCUT2D eigenvalue weighted by atomic mass is 16.7. The molecule has 0 aliphatic carbocycles. The maximum Gasteiger partial charge on any atom is 0.251 e. The maximum absolute atomic E-state index is 13.1. The Kier molecular flexibility index (Phi) is 7.47. The quantitative estimate of drug-likeness (QED) is 0.210. The second-order valence-corrected chi connectivity index (χ2v) is 8.13. The van der Waals surface area contributed by atoms with Crippen LogP contribution in [-0.2, 0) is 0 Å². The van der Waals surface area contributed by atoms with Crippen molar-refractivity contribution in [2.24, 2.45) is 16.3 Å². The fraction of sp³-hybridized carbons (Fsp3) is 0.208. The number of rotatable bonds is 8. The van der Waals surface area contributed by atoms with E-state index >= 15 is 0 Å². The van der Waals surface area contributed by atoms with Gasteiger partial charge in [-0.1, -0.05) is 56.3 Å². The molecule has 0 bridgehead atoms. The van der Waals surface area contributed by atoms with Crippen LogP contribution in [0.2, 0.25) is 0 Å². The summed E-state index contributed by atoms with van der Waals surface area (Å²) in [6.07, 6.45) is 3.09. The van der Waals surface area contributed by atoms with Crippen LogP contribution >= 0.6 is 0 Å². The standard InChI is InChI=1S/C24H26N6O3/c1-24(2,16-25)21(22(29-30(32)33)27-20-9-6-14-26-15-20)28-23(31)19-12-10-18(11-13-19)17-7-4-3-5-8-17/h3-15,21H,16,25H2,1-2H3,(H,27,29)(H,28,31). The average Bonchev–Trinajstić information content (AvgIpc) is 2.83. The summed E-state index contributed by atoms with van der Waals surface area (Å²) in [6.45, 7) is 3.75. The van der Waals surface area contributed by atoms with Crippen LogP contribution in [0.3, 0.4) is 0 Å². The van der Waals surface area contributed by atoms with E-state index in [9.17, 15) is 14.9 Å². The third-order valence-corrected chi connectivity index (χ3v) is 5.23. The van der Waals surface area contributed by atoms with E-state index in [1.165, 1.54) is 6.20 Å². The molecule has 0 fully saturated rings. The lowest BCUT2D eigenvalue weighted by Gasteiger charge is -2.33. The van der Waals surface area contributed by atoms with Crippen LogP contribution in [0.15, 0.2) is 84.2 Å². The lowest BCUT2D eigenvalue weighted by Crippen LogP contribution is -2.55. The number of hydrazone groups is 1. The van der Waals surface area contributed by atoms with Gasteiger partial charge >= 0.3 is 0 Å². The molecule has 170 valence electrons. The molecule has 0 saturated heterocycles. The molecule has 4 N–H and O–H groups in total. The number of benzene rings is 2. The first-order valence-electron chi connectivity index (χ1n) is 10.4. The fourth-order valence-corrected chi connectivity index (χ4v) is 3.24. The molecule has 0 spiro atoms. The van der Waals surface area contributed by atoms with E-state index < -0.39 is 22.4 Å². The predicted octanol–water partition coefficient (Wildman–Crippen LogP) is 3.53. The van der Waals surface area contributed by atoms with Crippen molar-refractivity contribution < 1.29 is 9.83 Å². The molecule has 0 aliphatic heterocycles. The molecule has 1 atom stereocenters. The summed E-state index contributed by atoms with van der Waals surface area (Å²) in [6, 6.07) is 19.4. The molecule has 1 aromatic heterocycles. The Morgan fingerprint density at radius 1 is 1.09 bits per heavy atom. The van der Waals surface area contributed by atoms with Crippen molar-refractivity contribution in [1.82, 2.24) is 10.3 Å². The summed E-state index contributed by atoms with van der Waals surface area (Å²) < 4.78 is 0. The van der Waals surface area contributed by atoms with E-state index in [1.54, 1.807) is 44.3 Å². The monoisotopic (exact) mass is 446 g/mol. The zero-order valence-electron chi connectivity index (χ0n) is 18.4. The van der Waals surface area contributed by atoms with Crippen LogP contribution in [-0.4, -0.2) is 34.3 Å². The van der Waals surface area contributed by atoms with Crippen LogP contribution in [0.25, 0.3) is 11.1 Å². The van der Waals surface area contributed by atoms with E-state index in [0.29, 0.717) is 11.3 Å². The second kappa shape index (κ2) is 10.5. The van der Waals surface area contributed by atoms with Crippen molar-refractivity contribution in [3.8, 4) is 11.1 Å². The molecule has 1 unspecified atom stereocenters. The fourth-order valence-electron chi connectivity index (χ4n) is 3.24. The molecule has 9 nitrogen and oxygen atoms in total. The Morgan fingerprint density at radius 2 is 1.76 bits per heavy atom. The smallest absolute Gasteiger partial charge is 0.251 e. The van der Waals surface area contributed by atoms with Gasteiger partial charge in [0, 0.05) is 17.2 Å².